The van der Waals surface area contributed by atoms with Crippen molar-refractivity contribution in [3.05, 3.63) is 55.7 Å². The molecule has 106 valence electrons. The fourth-order valence-corrected chi connectivity index (χ4v) is 2.02. The number of nitro groups is 1. The van der Waals surface area contributed by atoms with Gasteiger partial charge in [-0.2, -0.15) is 5.26 Å². The molecule has 0 N–H and O–H groups in total. The van der Waals surface area contributed by atoms with Gasteiger partial charge in [0.05, 0.1) is 10.5 Å². The highest BCUT2D eigenvalue weighted by Crippen LogP contribution is 2.32. The van der Waals surface area contributed by atoms with Crippen LogP contribution >= 0.6 is 15.9 Å². The molecule has 0 saturated carbocycles. The molecule has 1 aromatic heterocycles. The van der Waals surface area contributed by atoms with Crippen LogP contribution in [0.2, 0.25) is 0 Å². The largest absolute Gasteiger partial charge is 0.434 e. The lowest BCUT2D eigenvalue weighted by Crippen LogP contribution is -1.97. The zero-order valence-electron chi connectivity index (χ0n) is 11.3. The predicted octanol–water partition coefficient (Wildman–Crippen LogP) is 4.03. The Morgan fingerprint density at radius 3 is 2.48 bits per heavy atom. The van der Waals surface area contributed by atoms with Gasteiger partial charge in [0.15, 0.2) is 0 Å². The third-order valence-electron chi connectivity index (χ3n) is 2.78. The second-order valence-corrected chi connectivity index (χ2v) is 5.18. The van der Waals surface area contributed by atoms with Crippen LogP contribution in [0, 0.1) is 35.3 Å². The Bertz CT molecular complexity index is 746. The van der Waals surface area contributed by atoms with E-state index in [1.807, 2.05) is 19.9 Å². The van der Waals surface area contributed by atoms with E-state index in [-0.39, 0.29) is 17.1 Å². The average Bonchev–Trinajstić information content (AvgIpc) is 2.44. The third kappa shape index (κ3) is 3.17. The Morgan fingerprint density at radius 1 is 1.33 bits per heavy atom. The number of aryl methyl sites for hydroxylation is 2. The molecule has 0 amide bonds. The van der Waals surface area contributed by atoms with Crippen LogP contribution in [-0.2, 0) is 0 Å². The van der Waals surface area contributed by atoms with E-state index < -0.39 is 4.92 Å². The summed E-state index contributed by atoms with van der Waals surface area (Å²) in [4.78, 5) is 14.3. The van der Waals surface area contributed by atoms with Gasteiger partial charge < -0.3 is 4.74 Å². The molecule has 0 spiro atoms. The molecule has 2 aromatic rings. The van der Waals surface area contributed by atoms with E-state index >= 15 is 0 Å². The lowest BCUT2D eigenvalue weighted by atomic mass is 10.1. The highest BCUT2D eigenvalue weighted by atomic mass is 79.9. The van der Waals surface area contributed by atoms with Gasteiger partial charge in [-0.3, -0.25) is 10.1 Å². The van der Waals surface area contributed by atoms with Crippen LogP contribution in [0.3, 0.4) is 0 Å². The van der Waals surface area contributed by atoms with E-state index in [1.165, 1.54) is 6.20 Å². The van der Waals surface area contributed by atoms with E-state index in [9.17, 15) is 10.1 Å². The zero-order chi connectivity index (χ0) is 15.6. The molecule has 0 atom stereocenters. The summed E-state index contributed by atoms with van der Waals surface area (Å²) in [6.45, 7) is 3.79. The summed E-state index contributed by atoms with van der Waals surface area (Å²) < 4.78 is 6.46. The normalized spacial score (nSPS) is 10.0. The zero-order valence-corrected chi connectivity index (χ0v) is 12.8. The maximum Gasteiger partial charge on any atom is 0.332 e. The smallest absolute Gasteiger partial charge is 0.332 e. The first kappa shape index (κ1) is 14.9. The van der Waals surface area contributed by atoms with Gasteiger partial charge in [0.1, 0.15) is 11.8 Å². The minimum Gasteiger partial charge on any atom is -0.434 e. The van der Waals surface area contributed by atoms with E-state index in [2.05, 4.69) is 20.9 Å². The predicted molar refractivity (Wildman–Crippen MR) is 79.3 cm³/mol. The van der Waals surface area contributed by atoms with Crippen molar-refractivity contribution < 1.29 is 9.66 Å². The quantitative estimate of drug-likeness (QED) is 0.617. The van der Waals surface area contributed by atoms with Gasteiger partial charge in [-0.25, -0.2) is 4.98 Å². The van der Waals surface area contributed by atoms with Crippen LogP contribution in [0.4, 0.5) is 5.69 Å². The highest BCUT2D eigenvalue weighted by Gasteiger charge is 2.19. The number of rotatable bonds is 3. The van der Waals surface area contributed by atoms with Gasteiger partial charge in [0, 0.05) is 16.7 Å². The first-order valence-electron chi connectivity index (χ1n) is 5.91. The summed E-state index contributed by atoms with van der Waals surface area (Å²) in [5, 5.41) is 19.8. The molecule has 2 rings (SSSR count). The van der Waals surface area contributed by atoms with Crippen LogP contribution in [0.15, 0.2) is 28.9 Å². The SMILES string of the molecule is Cc1cc(Oc2ncc(C#N)cc2[N+](=O)[O-])cc(C)c1Br. The number of pyridine rings is 1. The van der Waals surface area contributed by atoms with Crippen LogP contribution < -0.4 is 4.74 Å². The first-order valence-corrected chi connectivity index (χ1v) is 6.71. The molecule has 0 bridgehead atoms. The first-order chi connectivity index (χ1) is 9.92. The molecule has 7 heteroatoms. The summed E-state index contributed by atoms with van der Waals surface area (Å²) in [6.07, 6.45) is 1.24. The topological polar surface area (TPSA) is 89.0 Å². The number of nitrogens with zero attached hydrogens (tertiary/aromatic N) is 3. The summed E-state index contributed by atoms with van der Waals surface area (Å²) in [5.74, 6) is 0.314. The Balaban J connectivity index is 2.45. The fourth-order valence-electron chi connectivity index (χ4n) is 1.79. The summed E-state index contributed by atoms with van der Waals surface area (Å²) in [7, 11) is 0. The van der Waals surface area contributed by atoms with Crippen molar-refractivity contribution in [2.24, 2.45) is 0 Å². The summed E-state index contributed by atoms with van der Waals surface area (Å²) in [6, 6.07) is 6.45. The van der Waals surface area contributed by atoms with Gasteiger partial charge in [0.2, 0.25) is 0 Å². The maximum absolute atomic E-state index is 11.0. The van der Waals surface area contributed by atoms with Gasteiger partial charge in [-0.1, -0.05) is 15.9 Å². The van der Waals surface area contributed by atoms with Crippen LogP contribution in [0.25, 0.3) is 0 Å². The molecule has 6 nitrogen and oxygen atoms in total. The number of benzene rings is 1. The monoisotopic (exact) mass is 347 g/mol. The fraction of sp³-hybridized carbons (Fsp3) is 0.143. The molecular weight excluding hydrogens is 338 g/mol. The van der Waals surface area contributed by atoms with Gasteiger partial charge in [0.25, 0.3) is 5.88 Å². The number of ether oxygens (including phenoxy) is 1. The lowest BCUT2D eigenvalue weighted by molar-refractivity contribution is -0.386. The molecule has 0 unspecified atom stereocenters. The molecule has 0 aliphatic heterocycles. The van der Waals surface area contributed by atoms with Crippen molar-refractivity contribution in [3.8, 4) is 17.7 Å². The Hall–Kier alpha value is -2.46. The minimum atomic E-state index is -0.623. The van der Waals surface area contributed by atoms with Crippen molar-refractivity contribution in [1.82, 2.24) is 4.98 Å². The van der Waals surface area contributed by atoms with Crippen molar-refractivity contribution >= 4 is 21.6 Å². The van der Waals surface area contributed by atoms with Crippen LogP contribution in [0.1, 0.15) is 16.7 Å². The average molecular weight is 348 g/mol. The Labute approximate surface area is 129 Å². The van der Waals surface area contributed by atoms with Crippen molar-refractivity contribution in [3.63, 3.8) is 0 Å². The second-order valence-electron chi connectivity index (χ2n) is 4.39. The van der Waals surface area contributed by atoms with Gasteiger partial charge in [-0.05, 0) is 37.1 Å². The molecule has 21 heavy (non-hydrogen) atoms. The van der Waals surface area contributed by atoms with Crippen molar-refractivity contribution in [1.29, 1.82) is 5.26 Å². The van der Waals surface area contributed by atoms with E-state index in [0.717, 1.165) is 21.7 Å². The van der Waals surface area contributed by atoms with Crippen LogP contribution in [0.5, 0.6) is 11.6 Å². The van der Waals surface area contributed by atoms with E-state index in [1.54, 1.807) is 12.1 Å². The minimum absolute atomic E-state index is 0.109. The number of hydrogen-bond donors (Lipinski definition) is 0. The van der Waals surface area contributed by atoms with Gasteiger partial charge in [-0.15, -0.1) is 0 Å². The molecule has 0 aliphatic rings. The molecule has 1 heterocycles. The maximum atomic E-state index is 11.0. The standard InChI is InChI=1S/C14H10BrN3O3/c1-8-3-11(4-9(2)13(8)15)21-14-12(18(19)20)5-10(6-16)7-17-14/h3-5,7H,1-2H3. The van der Waals surface area contributed by atoms with Gasteiger partial charge >= 0.3 is 5.69 Å². The summed E-state index contributed by atoms with van der Waals surface area (Å²) >= 11 is 3.44. The highest BCUT2D eigenvalue weighted by molar-refractivity contribution is 9.10. The van der Waals surface area contributed by atoms with Crippen molar-refractivity contribution in [2.45, 2.75) is 13.8 Å². The lowest BCUT2D eigenvalue weighted by Gasteiger charge is -2.09. The molecule has 1 aromatic carbocycles. The molecule has 0 saturated heterocycles. The molecule has 0 radical (unpaired) electrons. The Kier molecular flexibility index (Phi) is 4.19. The van der Waals surface area contributed by atoms with Crippen LogP contribution in [-0.4, -0.2) is 9.91 Å². The van der Waals surface area contributed by atoms with E-state index in [0.29, 0.717) is 5.75 Å². The number of halogens is 1. The number of nitriles is 1. The van der Waals surface area contributed by atoms with E-state index in [4.69, 9.17) is 10.00 Å². The summed E-state index contributed by atoms with van der Waals surface area (Å²) in [5.41, 5.74) is 1.66. The Morgan fingerprint density at radius 2 is 1.95 bits per heavy atom. The molecule has 0 aliphatic carbocycles. The van der Waals surface area contributed by atoms with Crippen molar-refractivity contribution in [2.75, 3.05) is 0 Å². The number of aromatic nitrogens is 1. The second kappa shape index (κ2) is 5.89. The molecule has 0 fully saturated rings. The molecular formula is C14H10BrN3O3. The number of hydrogen-bond acceptors (Lipinski definition) is 5. The third-order valence-corrected chi connectivity index (χ3v) is 4.03.